The summed E-state index contributed by atoms with van der Waals surface area (Å²) < 4.78 is 0. The summed E-state index contributed by atoms with van der Waals surface area (Å²) in [5.41, 5.74) is 0. The highest BCUT2D eigenvalue weighted by Gasteiger charge is 2.30. The van der Waals surface area contributed by atoms with Gasteiger partial charge in [-0.2, -0.15) is 0 Å². The van der Waals surface area contributed by atoms with E-state index in [0.29, 0.717) is 13.0 Å². The molecule has 0 aliphatic carbocycles. The van der Waals surface area contributed by atoms with Gasteiger partial charge in [-0.1, -0.05) is 0 Å². The van der Waals surface area contributed by atoms with Crippen LogP contribution in [-0.2, 0) is 0 Å². The third-order valence-electron chi connectivity index (χ3n) is 1.84. The van der Waals surface area contributed by atoms with E-state index in [4.69, 9.17) is 15.3 Å². The van der Waals surface area contributed by atoms with Crippen molar-refractivity contribution >= 4 is 12.4 Å². The average Bonchev–Trinajstić information content (AvgIpc) is 2.34. The zero-order valence-electron chi connectivity index (χ0n) is 6.10. The van der Waals surface area contributed by atoms with Crippen LogP contribution < -0.4 is 5.32 Å². The molecule has 68 valence electrons. The van der Waals surface area contributed by atoms with Gasteiger partial charge in [-0.05, 0) is 13.0 Å². The molecule has 0 aromatic heterocycles. The molecule has 0 bridgehead atoms. The molecule has 0 radical (unpaired) electrons. The summed E-state index contributed by atoms with van der Waals surface area (Å²) in [6.07, 6.45) is -0.693. The van der Waals surface area contributed by atoms with Gasteiger partial charge in [-0.25, -0.2) is 0 Å². The molecule has 0 aromatic rings. The minimum absolute atomic E-state index is 0. The fourth-order valence-electron chi connectivity index (χ4n) is 1.22. The van der Waals surface area contributed by atoms with Gasteiger partial charge in [-0.15, -0.1) is 12.4 Å². The summed E-state index contributed by atoms with van der Waals surface area (Å²) in [6.45, 7) is 0.414. The number of rotatable bonds is 2. The van der Waals surface area contributed by atoms with Crippen LogP contribution >= 0.6 is 12.4 Å². The standard InChI is InChI=1S/C6H13NO3.ClH/c8-3-5(10)6-4(9)1-2-7-6;/h4-10H,1-3H2;1H/t4-,5+,6-;/m0./s1. The molecular weight excluding hydrogens is 170 g/mol. The lowest BCUT2D eigenvalue weighted by Gasteiger charge is -2.18. The maximum atomic E-state index is 9.16. The van der Waals surface area contributed by atoms with Gasteiger partial charge in [0.15, 0.2) is 0 Å². The first-order valence-electron chi connectivity index (χ1n) is 3.46. The highest BCUT2D eigenvalue weighted by molar-refractivity contribution is 5.85. The normalized spacial score (nSPS) is 33.0. The molecule has 1 rings (SSSR count). The number of aliphatic hydroxyl groups excluding tert-OH is 3. The predicted octanol–water partition coefficient (Wildman–Crippen LogP) is -1.52. The van der Waals surface area contributed by atoms with Crippen molar-refractivity contribution in [2.75, 3.05) is 13.2 Å². The number of hydrogen-bond donors (Lipinski definition) is 4. The summed E-state index contributed by atoms with van der Waals surface area (Å²) in [4.78, 5) is 0. The van der Waals surface area contributed by atoms with Crippen LogP contribution in [0, 0.1) is 0 Å². The molecule has 5 heteroatoms. The number of halogens is 1. The highest BCUT2D eigenvalue weighted by atomic mass is 35.5. The Hall–Kier alpha value is 0.130. The molecule has 0 amide bonds. The van der Waals surface area contributed by atoms with Crippen LogP contribution in [0.5, 0.6) is 0 Å². The van der Waals surface area contributed by atoms with Crippen LogP contribution in [0.2, 0.25) is 0 Å². The van der Waals surface area contributed by atoms with E-state index in [2.05, 4.69) is 5.32 Å². The largest absolute Gasteiger partial charge is 0.394 e. The fourth-order valence-corrected chi connectivity index (χ4v) is 1.22. The van der Waals surface area contributed by atoms with E-state index < -0.39 is 12.2 Å². The maximum absolute atomic E-state index is 9.16. The van der Waals surface area contributed by atoms with E-state index >= 15 is 0 Å². The molecular formula is C6H14ClNO3. The van der Waals surface area contributed by atoms with E-state index in [1.807, 2.05) is 0 Å². The maximum Gasteiger partial charge on any atom is 0.0948 e. The monoisotopic (exact) mass is 183 g/mol. The van der Waals surface area contributed by atoms with E-state index in [9.17, 15) is 0 Å². The van der Waals surface area contributed by atoms with Gasteiger partial charge in [0, 0.05) is 0 Å². The summed E-state index contributed by atoms with van der Waals surface area (Å²) in [7, 11) is 0. The Balaban J connectivity index is 0.000001000. The van der Waals surface area contributed by atoms with Crippen LogP contribution in [0.4, 0.5) is 0 Å². The van der Waals surface area contributed by atoms with E-state index in [1.165, 1.54) is 0 Å². The number of nitrogens with one attached hydrogen (secondary N) is 1. The Bertz CT molecular complexity index is 114. The summed E-state index contributed by atoms with van der Waals surface area (Å²) in [6, 6.07) is -0.343. The van der Waals surface area contributed by atoms with E-state index in [0.717, 1.165) is 0 Å². The lowest BCUT2D eigenvalue weighted by atomic mass is 10.1. The van der Waals surface area contributed by atoms with Crippen LogP contribution in [0.15, 0.2) is 0 Å². The van der Waals surface area contributed by atoms with Crippen molar-refractivity contribution in [1.82, 2.24) is 5.32 Å². The first kappa shape index (κ1) is 11.1. The first-order chi connectivity index (χ1) is 4.75. The van der Waals surface area contributed by atoms with Gasteiger partial charge in [0.05, 0.1) is 24.9 Å². The average molecular weight is 184 g/mol. The third kappa shape index (κ3) is 2.57. The minimum Gasteiger partial charge on any atom is -0.394 e. The molecule has 0 spiro atoms. The fraction of sp³-hybridized carbons (Fsp3) is 1.00. The summed E-state index contributed by atoms with van der Waals surface area (Å²) in [5.74, 6) is 0. The second-order valence-electron chi connectivity index (χ2n) is 2.59. The zero-order valence-corrected chi connectivity index (χ0v) is 6.92. The van der Waals surface area contributed by atoms with Crippen molar-refractivity contribution in [3.8, 4) is 0 Å². The quantitative estimate of drug-likeness (QED) is 0.420. The Morgan fingerprint density at radius 3 is 2.55 bits per heavy atom. The van der Waals surface area contributed by atoms with Gasteiger partial charge < -0.3 is 20.6 Å². The van der Waals surface area contributed by atoms with Gasteiger partial charge in [0.2, 0.25) is 0 Å². The van der Waals surface area contributed by atoms with Crippen LogP contribution in [0.1, 0.15) is 6.42 Å². The number of aliphatic hydroxyl groups is 3. The third-order valence-corrected chi connectivity index (χ3v) is 1.84. The van der Waals surface area contributed by atoms with Gasteiger partial charge >= 0.3 is 0 Å². The molecule has 1 saturated heterocycles. The van der Waals surface area contributed by atoms with Crippen LogP contribution in [-0.4, -0.2) is 46.7 Å². The molecule has 3 atom stereocenters. The van der Waals surface area contributed by atoms with Crippen molar-refractivity contribution in [2.24, 2.45) is 0 Å². The second kappa shape index (κ2) is 4.90. The van der Waals surface area contributed by atoms with Crippen molar-refractivity contribution < 1.29 is 15.3 Å². The molecule has 4 N–H and O–H groups in total. The zero-order chi connectivity index (χ0) is 7.56. The highest BCUT2D eigenvalue weighted by Crippen LogP contribution is 2.09. The topological polar surface area (TPSA) is 72.7 Å². The van der Waals surface area contributed by atoms with E-state index in [1.54, 1.807) is 0 Å². The molecule has 0 aromatic carbocycles. The van der Waals surface area contributed by atoms with E-state index in [-0.39, 0.29) is 25.1 Å². The molecule has 1 fully saturated rings. The molecule has 1 aliphatic heterocycles. The Morgan fingerprint density at radius 2 is 2.18 bits per heavy atom. The first-order valence-corrected chi connectivity index (χ1v) is 3.46. The molecule has 11 heavy (non-hydrogen) atoms. The van der Waals surface area contributed by atoms with Crippen molar-refractivity contribution in [2.45, 2.75) is 24.7 Å². The Morgan fingerprint density at radius 1 is 1.55 bits per heavy atom. The molecule has 1 aliphatic rings. The molecule has 0 unspecified atom stereocenters. The van der Waals surface area contributed by atoms with Crippen LogP contribution in [0.3, 0.4) is 0 Å². The van der Waals surface area contributed by atoms with Gasteiger partial charge in [0.1, 0.15) is 0 Å². The summed E-state index contributed by atoms with van der Waals surface area (Å²) in [5, 5.41) is 29.6. The van der Waals surface area contributed by atoms with Crippen molar-refractivity contribution in [1.29, 1.82) is 0 Å². The van der Waals surface area contributed by atoms with Crippen LogP contribution in [0.25, 0.3) is 0 Å². The lowest BCUT2D eigenvalue weighted by molar-refractivity contribution is 0.0256. The van der Waals surface area contributed by atoms with Gasteiger partial charge in [0.25, 0.3) is 0 Å². The number of hydrogen-bond acceptors (Lipinski definition) is 4. The lowest BCUT2D eigenvalue weighted by Crippen LogP contribution is -2.43. The Labute approximate surface area is 71.6 Å². The Kier molecular flexibility index (Phi) is 4.96. The van der Waals surface area contributed by atoms with Gasteiger partial charge in [-0.3, -0.25) is 0 Å². The smallest absolute Gasteiger partial charge is 0.0948 e. The van der Waals surface area contributed by atoms with Crippen molar-refractivity contribution in [3.05, 3.63) is 0 Å². The minimum atomic E-state index is -0.836. The summed E-state index contributed by atoms with van der Waals surface area (Å²) >= 11 is 0. The predicted molar refractivity (Wildman–Crippen MR) is 42.8 cm³/mol. The molecule has 1 heterocycles. The SMILES string of the molecule is Cl.OC[C@@H](O)[C@H]1NCC[C@@H]1O. The van der Waals surface area contributed by atoms with Crippen molar-refractivity contribution in [3.63, 3.8) is 0 Å². The second-order valence-corrected chi connectivity index (χ2v) is 2.59. The molecule has 4 nitrogen and oxygen atoms in total. The molecule has 0 saturated carbocycles.